The van der Waals surface area contributed by atoms with Crippen LogP contribution in [-0.2, 0) is 0 Å². The van der Waals surface area contributed by atoms with Crippen molar-refractivity contribution in [3.8, 4) is 5.75 Å². The molecule has 1 aromatic rings. The minimum Gasteiger partial charge on any atom is -0.494 e. The third-order valence-electron chi connectivity index (χ3n) is 4.35. The molecule has 1 aliphatic heterocycles. The molecule has 0 aliphatic carbocycles. The maximum absolute atomic E-state index is 13.9. The molecule has 0 spiro atoms. The highest BCUT2D eigenvalue weighted by Crippen LogP contribution is 2.31. The maximum atomic E-state index is 13.9. The molecule has 1 heterocycles. The second-order valence-corrected chi connectivity index (χ2v) is 5.87. The number of likely N-dealkylation sites (tertiary alicyclic amines) is 1. The molecular formula is C16H25FN2O. The summed E-state index contributed by atoms with van der Waals surface area (Å²) in [6.45, 7) is 6.02. The number of ether oxygens (including phenoxy) is 1. The zero-order chi connectivity index (χ0) is 14.7. The van der Waals surface area contributed by atoms with E-state index in [4.69, 9.17) is 10.5 Å². The predicted molar refractivity (Wildman–Crippen MR) is 79.3 cm³/mol. The highest BCUT2D eigenvalue weighted by atomic mass is 19.1. The van der Waals surface area contributed by atoms with E-state index < -0.39 is 0 Å². The molecule has 2 N–H and O–H groups in total. The normalized spacial score (nSPS) is 25.4. The zero-order valence-electron chi connectivity index (χ0n) is 12.6. The maximum Gasteiger partial charge on any atom is 0.165 e. The fraction of sp³-hybridized carbons (Fsp3) is 0.625. The van der Waals surface area contributed by atoms with Crippen molar-refractivity contribution in [1.82, 2.24) is 4.90 Å². The standard InChI is InChI=1S/C16H25FN2O/c1-11-4-5-12(2)19(10-11)15(9-18)13-6-7-16(20-3)14(17)8-13/h6-8,11-12,15H,4-5,9-10,18H2,1-3H3. The molecular weight excluding hydrogens is 255 g/mol. The van der Waals surface area contributed by atoms with Gasteiger partial charge in [0.15, 0.2) is 11.6 Å². The number of nitrogens with zero attached hydrogens (tertiary/aromatic N) is 1. The Bertz CT molecular complexity index is 452. The molecule has 3 atom stereocenters. The SMILES string of the molecule is COc1ccc(C(CN)N2CC(C)CCC2C)cc1F. The topological polar surface area (TPSA) is 38.5 Å². The number of rotatable bonds is 4. The van der Waals surface area contributed by atoms with Gasteiger partial charge >= 0.3 is 0 Å². The molecule has 0 saturated carbocycles. The zero-order valence-corrected chi connectivity index (χ0v) is 12.6. The van der Waals surface area contributed by atoms with Gasteiger partial charge in [-0.25, -0.2) is 4.39 Å². The van der Waals surface area contributed by atoms with Crippen LogP contribution in [0.25, 0.3) is 0 Å². The Morgan fingerprint density at radius 1 is 1.40 bits per heavy atom. The number of hydrogen-bond acceptors (Lipinski definition) is 3. The summed E-state index contributed by atoms with van der Waals surface area (Å²) in [4.78, 5) is 2.41. The highest BCUT2D eigenvalue weighted by molar-refractivity contribution is 5.31. The van der Waals surface area contributed by atoms with Gasteiger partial charge in [0.2, 0.25) is 0 Å². The van der Waals surface area contributed by atoms with Gasteiger partial charge in [-0.05, 0) is 43.4 Å². The molecule has 1 aromatic carbocycles. The van der Waals surface area contributed by atoms with E-state index in [1.54, 1.807) is 12.1 Å². The van der Waals surface area contributed by atoms with Gasteiger partial charge in [0.05, 0.1) is 7.11 Å². The monoisotopic (exact) mass is 280 g/mol. The highest BCUT2D eigenvalue weighted by Gasteiger charge is 2.29. The second-order valence-electron chi connectivity index (χ2n) is 5.87. The van der Waals surface area contributed by atoms with Crippen LogP contribution in [0.15, 0.2) is 18.2 Å². The van der Waals surface area contributed by atoms with Crippen LogP contribution in [0.3, 0.4) is 0 Å². The van der Waals surface area contributed by atoms with E-state index in [-0.39, 0.29) is 17.6 Å². The number of benzene rings is 1. The van der Waals surface area contributed by atoms with Gasteiger partial charge in [-0.1, -0.05) is 13.0 Å². The van der Waals surface area contributed by atoms with E-state index in [2.05, 4.69) is 18.7 Å². The summed E-state index contributed by atoms with van der Waals surface area (Å²) in [5.41, 5.74) is 6.91. The number of halogens is 1. The minimum absolute atomic E-state index is 0.0770. The van der Waals surface area contributed by atoms with Crippen molar-refractivity contribution < 1.29 is 9.13 Å². The van der Waals surface area contributed by atoms with Crippen LogP contribution in [0.2, 0.25) is 0 Å². The first kappa shape index (κ1) is 15.3. The number of piperidine rings is 1. The molecule has 1 fully saturated rings. The third-order valence-corrected chi connectivity index (χ3v) is 4.35. The van der Waals surface area contributed by atoms with E-state index >= 15 is 0 Å². The van der Waals surface area contributed by atoms with Gasteiger partial charge in [0, 0.05) is 25.2 Å². The Labute approximate surface area is 120 Å². The molecule has 0 bridgehead atoms. The number of hydrogen-bond donors (Lipinski definition) is 1. The lowest BCUT2D eigenvalue weighted by molar-refractivity contribution is 0.0796. The molecule has 1 aliphatic rings. The van der Waals surface area contributed by atoms with Crippen molar-refractivity contribution in [2.45, 2.75) is 38.8 Å². The molecule has 2 rings (SSSR count). The lowest BCUT2D eigenvalue weighted by atomic mass is 9.91. The van der Waals surface area contributed by atoms with Crippen molar-refractivity contribution >= 4 is 0 Å². The first-order valence-electron chi connectivity index (χ1n) is 7.36. The summed E-state index contributed by atoms with van der Waals surface area (Å²) in [5.74, 6) is 0.633. The summed E-state index contributed by atoms with van der Waals surface area (Å²) in [6.07, 6.45) is 2.43. The first-order valence-corrected chi connectivity index (χ1v) is 7.36. The van der Waals surface area contributed by atoms with E-state index in [0.717, 1.165) is 12.1 Å². The van der Waals surface area contributed by atoms with Crippen LogP contribution >= 0.6 is 0 Å². The molecule has 112 valence electrons. The fourth-order valence-corrected chi connectivity index (χ4v) is 3.11. The van der Waals surface area contributed by atoms with Crippen LogP contribution in [0, 0.1) is 11.7 Å². The summed E-state index contributed by atoms with van der Waals surface area (Å²) in [6, 6.07) is 5.73. The van der Waals surface area contributed by atoms with Gasteiger partial charge in [0.1, 0.15) is 0 Å². The van der Waals surface area contributed by atoms with Crippen molar-refractivity contribution in [3.05, 3.63) is 29.6 Å². The van der Waals surface area contributed by atoms with E-state index in [0.29, 0.717) is 18.5 Å². The van der Waals surface area contributed by atoms with Crippen molar-refractivity contribution in [2.24, 2.45) is 11.7 Å². The van der Waals surface area contributed by atoms with Gasteiger partial charge in [-0.3, -0.25) is 4.90 Å². The molecule has 3 nitrogen and oxygen atoms in total. The molecule has 1 saturated heterocycles. The summed E-state index contributed by atoms with van der Waals surface area (Å²) in [7, 11) is 1.48. The van der Waals surface area contributed by atoms with Crippen LogP contribution in [0.4, 0.5) is 4.39 Å². The molecule has 0 aromatic heterocycles. The minimum atomic E-state index is -0.318. The Hall–Kier alpha value is -1.13. The van der Waals surface area contributed by atoms with Crippen molar-refractivity contribution in [3.63, 3.8) is 0 Å². The van der Waals surface area contributed by atoms with Gasteiger partial charge < -0.3 is 10.5 Å². The summed E-state index contributed by atoms with van der Waals surface area (Å²) >= 11 is 0. The molecule has 3 unspecified atom stereocenters. The number of methoxy groups -OCH3 is 1. The molecule has 0 radical (unpaired) electrons. The van der Waals surface area contributed by atoms with Crippen LogP contribution < -0.4 is 10.5 Å². The van der Waals surface area contributed by atoms with E-state index in [1.807, 2.05) is 6.07 Å². The van der Waals surface area contributed by atoms with Gasteiger partial charge in [-0.15, -0.1) is 0 Å². The average Bonchev–Trinajstić information content (AvgIpc) is 2.44. The quantitative estimate of drug-likeness (QED) is 0.921. The summed E-state index contributed by atoms with van der Waals surface area (Å²) < 4.78 is 18.9. The lowest BCUT2D eigenvalue weighted by Gasteiger charge is -2.42. The van der Waals surface area contributed by atoms with Crippen LogP contribution in [0.5, 0.6) is 5.75 Å². The van der Waals surface area contributed by atoms with E-state index in [9.17, 15) is 4.39 Å². The predicted octanol–water partition coefficient (Wildman–Crippen LogP) is 2.95. The molecule has 0 amide bonds. The van der Waals surface area contributed by atoms with E-state index in [1.165, 1.54) is 20.0 Å². The van der Waals surface area contributed by atoms with Crippen LogP contribution in [-0.4, -0.2) is 31.1 Å². The second kappa shape index (κ2) is 6.55. The Morgan fingerprint density at radius 2 is 2.15 bits per heavy atom. The Morgan fingerprint density at radius 3 is 2.75 bits per heavy atom. The summed E-state index contributed by atoms with van der Waals surface area (Å²) in [5, 5.41) is 0. The average molecular weight is 280 g/mol. The van der Waals surface area contributed by atoms with Gasteiger partial charge in [0.25, 0.3) is 0 Å². The smallest absolute Gasteiger partial charge is 0.165 e. The van der Waals surface area contributed by atoms with Crippen LogP contribution in [0.1, 0.15) is 38.3 Å². The van der Waals surface area contributed by atoms with Crippen molar-refractivity contribution in [1.29, 1.82) is 0 Å². The number of nitrogens with two attached hydrogens (primary N) is 1. The third kappa shape index (κ3) is 3.13. The molecule has 4 heteroatoms. The molecule has 20 heavy (non-hydrogen) atoms. The Kier molecular flexibility index (Phi) is 5.00. The van der Waals surface area contributed by atoms with Crippen molar-refractivity contribution in [2.75, 3.05) is 20.2 Å². The largest absolute Gasteiger partial charge is 0.494 e. The Balaban J connectivity index is 2.24. The van der Waals surface area contributed by atoms with Gasteiger partial charge in [-0.2, -0.15) is 0 Å². The lowest BCUT2D eigenvalue weighted by Crippen LogP contribution is -2.45. The first-order chi connectivity index (χ1) is 9.56. The fourth-order valence-electron chi connectivity index (χ4n) is 3.11.